The first kappa shape index (κ1) is 14.7. The number of anilines is 1. The third-order valence-corrected chi connectivity index (χ3v) is 3.39. The first-order valence-corrected chi connectivity index (χ1v) is 7.14. The van der Waals surface area contributed by atoms with E-state index in [0.29, 0.717) is 13.1 Å². The maximum absolute atomic E-state index is 11.6. The first-order valence-electron chi connectivity index (χ1n) is 7.14. The third-order valence-electron chi connectivity index (χ3n) is 3.39. The van der Waals surface area contributed by atoms with Gasteiger partial charge in [0, 0.05) is 44.5 Å². The predicted molar refractivity (Wildman–Crippen MR) is 78.8 cm³/mol. The summed E-state index contributed by atoms with van der Waals surface area (Å²) in [5, 5.41) is 2.84. The van der Waals surface area contributed by atoms with Crippen molar-refractivity contribution in [1.29, 1.82) is 0 Å². The first-order chi connectivity index (χ1) is 9.58. The standard InChI is InChI=1S/C14H23N5O/c1-4-15-14(20)10-18-5-7-19(8-6-18)13-9-11(2)16-12(3)17-13/h9H,4-8,10H2,1-3H3,(H,15,20). The molecule has 6 nitrogen and oxygen atoms in total. The van der Waals surface area contributed by atoms with Gasteiger partial charge in [0.1, 0.15) is 11.6 Å². The summed E-state index contributed by atoms with van der Waals surface area (Å²) < 4.78 is 0. The van der Waals surface area contributed by atoms with Gasteiger partial charge in [-0.3, -0.25) is 9.69 Å². The summed E-state index contributed by atoms with van der Waals surface area (Å²) in [6.07, 6.45) is 0. The van der Waals surface area contributed by atoms with E-state index in [1.165, 1.54) is 0 Å². The van der Waals surface area contributed by atoms with E-state index in [-0.39, 0.29) is 5.91 Å². The zero-order valence-electron chi connectivity index (χ0n) is 12.5. The molecule has 20 heavy (non-hydrogen) atoms. The van der Waals surface area contributed by atoms with E-state index in [4.69, 9.17) is 0 Å². The number of nitrogens with one attached hydrogen (secondary N) is 1. The summed E-state index contributed by atoms with van der Waals surface area (Å²) in [5.41, 5.74) is 0.997. The Kier molecular flexibility index (Phi) is 4.89. The Bertz CT molecular complexity index is 448. The molecule has 6 heteroatoms. The van der Waals surface area contributed by atoms with Gasteiger partial charge < -0.3 is 10.2 Å². The van der Waals surface area contributed by atoms with Gasteiger partial charge in [0.25, 0.3) is 0 Å². The van der Waals surface area contributed by atoms with Gasteiger partial charge in [-0.2, -0.15) is 0 Å². The number of carbonyl (C=O) groups excluding carboxylic acids is 1. The predicted octanol–water partition coefficient (Wildman–Crippen LogP) is 0.352. The highest BCUT2D eigenvalue weighted by atomic mass is 16.2. The summed E-state index contributed by atoms with van der Waals surface area (Å²) in [4.78, 5) is 24.8. The van der Waals surface area contributed by atoms with Crippen molar-refractivity contribution in [2.75, 3.05) is 44.2 Å². The molecule has 0 spiro atoms. The molecule has 0 saturated carbocycles. The number of nitrogens with zero attached hydrogens (tertiary/aromatic N) is 4. The molecule has 1 aliphatic heterocycles. The molecule has 0 aromatic carbocycles. The van der Waals surface area contributed by atoms with E-state index >= 15 is 0 Å². The molecule has 1 N–H and O–H groups in total. The normalized spacial score (nSPS) is 16.2. The number of amides is 1. The van der Waals surface area contributed by atoms with Crippen LogP contribution in [0.1, 0.15) is 18.4 Å². The average molecular weight is 277 g/mol. The summed E-state index contributed by atoms with van der Waals surface area (Å²) in [5.74, 6) is 1.91. The van der Waals surface area contributed by atoms with Gasteiger partial charge in [-0.1, -0.05) is 0 Å². The van der Waals surface area contributed by atoms with Crippen molar-refractivity contribution in [3.05, 3.63) is 17.6 Å². The number of hydrogen-bond donors (Lipinski definition) is 1. The molecule has 0 radical (unpaired) electrons. The van der Waals surface area contributed by atoms with Crippen molar-refractivity contribution < 1.29 is 4.79 Å². The summed E-state index contributed by atoms with van der Waals surface area (Å²) in [6, 6.07) is 2.02. The van der Waals surface area contributed by atoms with Crippen molar-refractivity contribution in [2.45, 2.75) is 20.8 Å². The molecule has 0 aliphatic carbocycles. The smallest absolute Gasteiger partial charge is 0.234 e. The van der Waals surface area contributed by atoms with Crippen LogP contribution in [0.4, 0.5) is 5.82 Å². The van der Waals surface area contributed by atoms with E-state index in [0.717, 1.165) is 43.5 Å². The average Bonchev–Trinajstić information content (AvgIpc) is 2.38. The van der Waals surface area contributed by atoms with Gasteiger partial charge in [0.2, 0.25) is 5.91 Å². The maximum Gasteiger partial charge on any atom is 0.234 e. The van der Waals surface area contributed by atoms with Crippen LogP contribution >= 0.6 is 0 Å². The summed E-state index contributed by atoms with van der Waals surface area (Å²) in [7, 11) is 0. The van der Waals surface area contributed by atoms with Crippen LogP contribution in [0.15, 0.2) is 6.07 Å². The zero-order valence-corrected chi connectivity index (χ0v) is 12.5. The fourth-order valence-corrected chi connectivity index (χ4v) is 2.45. The number of rotatable bonds is 4. The molecule has 1 fully saturated rings. The summed E-state index contributed by atoms with van der Waals surface area (Å²) in [6.45, 7) is 10.6. The minimum absolute atomic E-state index is 0.106. The molecule has 2 heterocycles. The Morgan fingerprint density at radius 2 is 1.95 bits per heavy atom. The van der Waals surface area contributed by atoms with Crippen molar-refractivity contribution in [1.82, 2.24) is 20.2 Å². The van der Waals surface area contributed by atoms with Crippen LogP contribution in [0.2, 0.25) is 0 Å². The molecule has 0 bridgehead atoms. The monoisotopic (exact) mass is 277 g/mol. The molecule has 1 aliphatic rings. The van der Waals surface area contributed by atoms with Crippen LogP contribution in [0.5, 0.6) is 0 Å². The van der Waals surface area contributed by atoms with Crippen LogP contribution in [0.3, 0.4) is 0 Å². The van der Waals surface area contributed by atoms with Crippen molar-refractivity contribution in [3.63, 3.8) is 0 Å². The maximum atomic E-state index is 11.6. The lowest BCUT2D eigenvalue weighted by molar-refractivity contribution is -0.122. The molecule has 1 aromatic heterocycles. The second-order valence-electron chi connectivity index (χ2n) is 5.13. The van der Waals surface area contributed by atoms with Crippen LogP contribution < -0.4 is 10.2 Å². The van der Waals surface area contributed by atoms with Crippen molar-refractivity contribution in [2.24, 2.45) is 0 Å². The van der Waals surface area contributed by atoms with E-state index in [1.54, 1.807) is 0 Å². The molecule has 110 valence electrons. The third kappa shape index (κ3) is 3.90. The summed E-state index contributed by atoms with van der Waals surface area (Å²) >= 11 is 0. The quantitative estimate of drug-likeness (QED) is 0.860. The van der Waals surface area contributed by atoms with Gasteiger partial charge >= 0.3 is 0 Å². The Morgan fingerprint density at radius 1 is 1.25 bits per heavy atom. The second kappa shape index (κ2) is 6.65. The van der Waals surface area contributed by atoms with Crippen molar-refractivity contribution >= 4 is 11.7 Å². The molecule has 1 aromatic rings. The molecular formula is C14H23N5O. The Hall–Kier alpha value is -1.69. The van der Waals surface area contributed by atoms with E-state index in [1.807, 2.05) is 26.8 Å². The lowest BCUT2D eigenvalue weighted by Gasteiger charge is -2.35. The number of carbonyl (C=O) groups is 1. The SMILES string of the molecule is CCNC(=O)CN1CCN(c2cc(C)nc(C)n2)CC1. The topological polar surface area (TPSA) is 61.4 Å². The Balaban J connectivity index is 1.89. The van der Waals surface area contributed by atoms with E-state index < -0.39 is 0 Å². The van der Waals surface area contributed by atoms with Crippen LogP contribution in [0.25, 0.3) is 0 Å². The zero-order chi connectivity index (χ0) is 14.5. The van der Waals surface area contributed by atoms with Gasteiger partial charge in [-0.25, -0.2) is 9.97 Å². The van der Waals surface area contributed by atoms with Gasteiger partial charge in [0.15, 0.2) is 0 Å². The van der Waals surface area contributed by atoms with Crippen LogP contribution in [-0.4, -0.2) is 60.0 Å². The largest absolute Gasteiger partial charge is 0.355 e. The lowest BCUT2D eigenvalue weighted by Crippen LogP contribution is -2.49. The number of hydrogen-bond acceptors (Lipinski definition) is 5. The fraction of sp³-hybridized carbons (Fsp3) is 0.643. The molecule has 2 rings (SSSR count). The molecule has 0 unspecified atom stereocenters. The Labute approximate surface area is 120 Å². The van der Waals surface area contributed by atoms with E-state index in [9.17, 15) is 4.79 Å². The second-order valence-corrected chi connectivity index (χ2v) is 5.13. The highest BCUT2D eigenvalue weighted by Gasteiger charge is 2.20. The van der Waals surface area contributed by atoms with Crippen LogP contribution in [0, 0.1) is 13.8 Å². The number of aryl methyl sites for hydroxylation is 2. The minimum Gasteiger partial charge on any atom is -0.355 e. The molecular weight excluding hydrogens is 254 g/mol. The number of aromatic nitrogens is 2. The van der Waals surface area contributed by atoms with Gasteiger partial charge in [0.05, 0.1) is 6.54 Å². The fourth-order valence-electron chi connectivity index (χ4n) is 2.45. The number of likely N-dealkylation sites (N-methyl/N-ethyl adjacent to an activating group) is 1. The number of piperazine rings is 1. The highest BCUT2D eigenvalue weighted by Crippen LogP contribution is 2.14. The molecule has 1 saturated heterocycles. The van der Waals surface area contributed by atoms with Gasteiger partial charge in [-0.15, -0.1) is 0 Å². The highest BCUT2D eigenvalue weighted by molar-refractivity contribution is 5.77. The van der Waals surface area contributed by atoms with Crippen molar-refractivity contribution in [3.8, 4) is 0 Å². The molecule has 1 amide bonds. The van der Waals surface area contributed by atoms with Gasteiger partial charge in [-0.05, 0) is 20.8 Å². The minimum atomic E-state index is 0.106. The Morgan fingerprint density at radius 3 is 2.55 bits per heavy atom. The van der Waals surface area contributed by atoms with Crippen LogP contribution in [-0.2, 0) is 4.79 Å². The molecule has 0 atom stereocenters. The van der Waals surface area contributed by atoms with E-state index in [2.05, 4.69) is 25.1 Å². The lowest BCUT2D eigenvalue weighted by atomic mass is 10.3.